The largest absolute Gasteiger partial charge is 0.374 e. The van der Waals surface area contributed by atoms with E-state index in [2.05, 4.69) is 17.1 Å². The van der Waals surface area contributed by atoms with Crippen molar-refractivity contribution < 1.29 is 9.13 Å². The SMILES string of the molecule is CCNCc1cccc(F)c1N1CCOC2CCCC21. The molecule has 3 rings (SSSR count). The summed E-state index contributed by atoms with van der Waals surface area (Å²) in [7, 11) is 0. The molecule has 2 aliphatic rings. The summed E-state index contributed by atoms with van der Waals surface area (Å²) in [5.74, 6) is -0.104. The Balaban J connectivity index is 1.91. The van der Waals surface area contributed by atoms with Gasteiger partial charge in [-0.25, -0.2) is 4.39 Å². The maximum Gasteiger partial charge on any atom is 0.146 e. The molecule has 1 saturated heterocycles. The van der Waals surface area contributed by atoms with Crippen molar-refractivity contribution >= 4 is 5.69 Å². The van der Waals surface area contributed by atoms with Gasteiger partial charge in [0.15, 0.2) is 0 Å². The Labute approximate surface area is 120 Å². The van der Waals surface area contributed by atoms with E-state index < -0.39 is 0 Å². The standard InChI is InChI=1S/C16H23FN2O/c1-2-18-11-12-5-3-6-13(17)16(12)19-9-10-20-15-8-4-7-14(15)19/h3,5-6,14-15,18H,2,4,7-11H2,1H3. The zero-order valence-electron chi connectivity index (χ0n) is 12.1. The van der Waals surface area contributed by atoms with Crippen LogP contribution in [0.4, 0.5) is 10.1 Å². The number of para-hydroxylation sites is 1. The van der Waals surface area contributed by atoms with Crippen LogP contribution in [0.1, 0.15) is 31.7 Å². The average Bonchev–Trinajstić information content (AvgIpc) is 2.94. The van der Waals surface area contributed by atoms with Crippen molar-refractivity contribution in [1.82, 2.24) is 5.32 Å². The van der Waals surface area contributed by atoms with E-state index in [1.165, 1.54) is 6.42 Å². The van der Waals surface area contributed by atoms with E-state index in [9.17, 15) is 4.39 Å². The van der Waals surface area contributed by atoms with E-state index in [-0.39, 0.29) is 11.9 Å². The van der Waals surface area contributed by atoms with Crippen molar-refractivity contribution in [3.63, 3.8) is 0 Å². The number of nitrogens with one attached hydrogen (secondary N) is 1. The van der Waals surface area contributed by atoms with Gasteiger partial charge in [-0.05, 0) is 37.4 Å². The van der Waals surface area contributed by atoms with Crippen molar-refractivity contribution in [1.29, 1.82) is 0 Å². The van der Waals surface area contributed by atoms with Crippen molar-refractivity contribution in [2.24, 2.45) is 0 Å². The van der Waals surface area contributed by atoms with Crippen LogP contribution in [-0.2, 0) is 11.3 Å². The number of halogens is 1. The number of hydrogen-bond donors (Lipinski definition) is 1. The molecule has 0 amide bonds. The van der Waals surface area contributed by atoms with Crippen molar-refractivity contribution in [2.45, 2.75) is 44.9 Å². The average molecular weight is 278 g/mol. The zero-order chi connectivity index (χ0) is 13.9. The van der Waals surface area contributed by atoms with Gasteiger partial charge in [0.1, 0.15) is 5.82 Å². The molecular weight excluding hydrogens is 255 g/mol. The lowest BCUT2D eigenvalue weighted by molar-refractivity contribution is 0.0253. The highest BCUT2D eigenvalue weighted by Gasteiger charge is 2.37. The maximum atomic E-state index is 14.4. The van der Waals surface area contributed by atoms with Gasteiger partial charge in [-0.2, -0.15) is 0 Å². The fourth-order valence-corrected chi connectivity index (χ4v) is 3.49. The van der Waals surface area contributed by atoms with E-state index in [1.54, 1.807) is 12.1 Å². The number of benzene rings is 1. The Hall–Kier alpha value is -1.13. The lowest BCUT2D eigenvalue weighted by Crippen LogP contribution is -2.49. The molecule has 1 N–H and O–H groups in total. The predicted molar refractivity (Wildman–Crippen MR) is 78.5 cm³/mol. The van der Waals surface area contributed by atoms with Crippen LogP contribution in [0, 0.1) is 5.82 Å². The Morgan fingerprint density at radius 3 is 3.15 bits per heavy atom. The Kier molecular flexibility index (Phi) is 4.22. The van der Waals surface area contributed by atoms with E-state index in [0.717, 1.165) is 43.7 Å². The molecule has 2 unspecified atom stereocenters. The summed E-state index contributed by atoms with van der Waals surface area (Å²) < 4.78 is 20.2. The fraction of sp³-hybridized carbons (Fsp3) is 0.625. The monoisotopic (exact) mass is 278 g/mol. The van der Waals surface area contributed by atoms with Crippen molar-refractivity contribution in [2.75, 3.05) is 24.6 Å². The Morgan fingerprint density at radius 1 is 1.40 bits per heavy atom. The summed E-state index contributed by atoms with van der Waals surface area (Å²) in [4.78, 5) is 2.25. The molecular formula is C16H23FN2O. The number of hydrogen-bond acceptors (Lipinski definition) is 3. The molecule has 0 radical (unpaired) electrons. The first kappa shape index (κ1) is 13.8. The molecule has 2 fully saturated rings. The van der Waals surface area contributed by atoms with Crippen molar-refractivity contribution in [3.8, 4) is 0 Å². The third-order valence-electron chi connectivity index (χ3n) is 4.41. The number of fused-ring (bicyclic) bond motifs is 1. The van der Waals surface area contributed by atoms with E-state index in [1.807, 2.05) is 6.07 Å². The maximum absolute atomic E-state index is 14.4. The molecule has 4 heteroatoms. The Bertz CT molecular complexity index is 466. The van der Waals surface area contributed by atoms with Gasteiger partial charge >= 0.3 is 0 Å². The molecule has 1 heterocycles. The van der Waals surface area contributed by atoms with Crippen molar-refractivity contribution in [3.05, 3.63) is 29.6 Å². The molecule has 0 spiro atoms. The van der Waals surface area contributed by atoms with Gasteiger partial charge in [-0.1, -0.05) is 19.1 Å². The van der Waals surface area contributed by atoms with Crippen LogP contribution in [0.25, 0.3) is 0 Å². The zero-order valence-corrected chi connectivity index (χ0v) is 12.1. The van der Waals surface area contributed by atoms with E-state index in [0.29, 0.717) is 12.6 Å². The van der Waals surface area contributed by atoms with Gasteiger partial charge < -0.3 is 15.0 Å². The summed E-state index contributed by atoms with van der Waals surface area (Å²) in [6, 6.07) is 5.75. The predicted octanol–water partition coefficient (Wildman–Crippen LogP) is 2.69. The van der Waals surface area contributed by atoms with Crippen LogP contribution in [0.5, 0.6) is 0 Å². The number of anilines is 1. The lowest BCUT2D eigenvalue weighted by Gasteiger charge is -2.40. The van der Waals surface area contributed by atoms with Gasteiger partial charge in [-0.3, -0.25) is 0 Å². The third kappa shape index (κ3) is 2.54. The molecule has 2 atom stereocenters. The molecule has 1 saturated carbocycles. The first-order chi connectivity index (χ1) is 9.81. The molecule has 110 valence electrons. The van der Waals surface area contributed by atoms with Gasteiger partial charge in [0.25, 0.3) is 0 Å². The molecule has 3 nitrogen and oxygen atoms in total. The Morgan fingerprint density at radius 2 is 2.30 bits per heavy atom. The molecule has 1 aromatic carbocycles. The molecule has 20 heavy (non-hydrogen) atoms. The minimum atomic E-state index is -0.104. The van der Waals surface area contributed by atoms with Crippen LogP contribution in [0.15, 0.2) is 18.2 Å². The molecule has 0 bridgehead atoms. The number of rotatable bonds is 4. The topological polar surface area (TPSA) is 24.5 Å². The first-order valence-electron chi connectivity index (χ1n) is 7.67. The molecule has 0 aromatic heterocycles. The highest BCUT2D eigenvalue weighted by atomic mass is 19.1. The number of ether oxygens (including phenoxy) is 1. The lowest BCUT2D eigenvalue weighted by atomic mass is 10.1. The molecule has 1 aliphatic carbocycles. The smallest absolute Gasteiger partial charge is 0.146 e. The van der Waals surface area contributed by atoms with E-state index >= 15 is 0 Å². The van der Waals surface area contributed by atoms with Crippen LogP contribution in [-0.4, -0.2) is 31.8 Å². The summed E-state index contributed by atoms with van der Waals surface area (Å²) in [5, 5.41) is 3.31. The summed E-state index contributed by atoms with van der Waals surface area (Å²) >= 11 is 0. The summed E-state index contributed by atoms with van der Waals surface area (Å²) in [6.45, 7) is 5.18. The van der Waals surface area contributed by atoms with Gasteiger partial charge in [-0.15, -0.1) is 0 Å². The van der Waals surface area contributed by atoms with Crippen LogP contribution >= 0.6 is 0 Å². The fourth-order valence-electron chi connectivity index (χ4n) is 3.49. The van der Waals surface area contributed by atoms with Gasteiger partial charge in [0.05, 0.1) is 24.4 Å². The molecule has 1 aromatic rings. The first-order valence-corrected chi connectivity index (χ1v) is 7.67. The normalized spacial score (nSPS) is 25.8. The highest BCUT2D eigenvalue weighted by molar-refractivity contribution is 5.56. The molecule has 1 aliphatic heterocycles. The highest BCUT2D eigenvalue weighted by Crippen LogP contribution is 2.36. The summed E-state index contributed by atoms with van der Waals surface area (Å²) in [5.41, 5.74) is 1.84. The van der Waals surface area contributed by atoms with Crippen LogP contribution in [0.2, 0.25) is 0 Å². The number of nitrogens with zero attached hydrogens (tertiary/aromatic N) is 1. The quantitative estimate of drug-likeness (QED) is 0.916. The minimum Gasteiger partial charge on any atom is -0.374 e. The van der Waals surface area contributed by atoms with Crippen LogP contribution in [0.3, 0.4) is 0 Å². The minimum absolute atomic E-state index is 0.104. The van der Waals surface area contributed by atoms with Crippen LogP contribution < -0.4 is 10.2 Å². The second kappa shape index (κ2) is 6.10. The second-order valence-electron chi connectivity index (χ2n) is 5.63. The third-order valence-corrected chi connectivity index (χ3v) is 4.41. The van der Waals surface area contributed by atoms with E-state index in [4.69, 9.17) is 4.74 Å². The van der Waals surface area contributed by atoms with Gasteiger partial charge in [0.2, 0.25) is 0 Å². The second-order valence-corrected chi connectivity index (χ2v) is 5.63. The number of morpholine rings is 1. The summed E-state index contributed by atoms with van der Waals surface area (Å²) in [6.07, 6.45) is 3.69. The van der Waals surface area contributed by atoms with Gasteiger partial charge in [0, 0.05) is 13.1 Å².